The zero-order valence-corrected chi connectivity index (χ0v) is 8.85. The number of hydrogen-bond donors (Lipinski definition) is 1. The van der Waals surface area contributed by atoms with Crippen LogP contribution >= 0.6 is 0 Å². The minimum atomic E-state index is 0.0905. The van der Waals surface area contributed by atoms with Crippen molar-refractivity contribution in [1.82, 2.24) is 14.2 Å². The van der Waals surface area contributed by atoms with E-state index in [-0.39, 0.29) is 6.61 Å². The Hall–Kier alpha value is -1.29. The van der Waals surface area contributed by atoms with Gasteiger partial charge in [-0.3, -0.25) is 0 Å². The normalized spacial score (nSPS) is 17.2. The zero-order valence-electron chi connectivity index (χ0n) is 8.85. The molecule has 2 aromatic heterocycles. The molecule has 1 aliphatic rings. The summed E-state index contributed by atoms with van der Waals surface area (Å²) in [4.78, 5) is 0. The minimum Gasteiger partial charge on any atom is -0.391 e. The molecule has 1 aliphatic carbocycles. The van der Waals surface area contributed by atoms with E-state index in [0.29, 0.717) is 5.92 Å². The lowest BCUT2D eigenvalue weighted by Gasteiger charge is -2.24. The van der Waals surface area contributed by atoms with Crippen molar-refractivity contribution < 1.29 is 5.11 Å². The predicted octanol–water partition coefficient (Wildman–Crippen LogP) is 1.43. The molecule has 2 aromatic rings. The van der Waals surface area contributed by atoms with Crippen LogP contribution in [0.2, 0.25) is 0 Å². The van der Waals surface area contributed by atoms with Crippen molar-refractivity contribution >= 4 is 5.65 Å². The van der Waals surface area contributed by atoms with Gasteiger partial charge in [0, 0.05) is 30.9 Å². The highest BCUT2D eigenvalue weighted by Gasteiger charge is 2.26. The largest absolute Gasteiger partial charge is 0.391 e. The summed E-state index contributed by atoms with van der Waals surface area (Å²) in [6.45, 7) is 0.0905. The number of hydrogen-bond acceptors (Lipinski definition) is 2. The molecule has 0 amide bonds. The number of aromatic nitrogens is 3. The van der Waals surface area contributed by atoms with Gasteiger partial charge >= 0.3 is 0 Å². The first kappa shape index (κ1) is 8.97. The second-order valence-electron chi connectivity index (χ2n) is 4.33. The summed E-state index contributed by atoms with van der Waals surface area (Å²) >= 11 is 0. The van der Waals surface area contributed by atoms with E-state index in [4.69, 9.17) is 0 Å². The summed E-state index contributed by atoms with van der Waals surface area (Å²) in [6, 6.07) is 0. The summed E-state index contributed by atoms with van der Waals surface area (Å²) in [7, 11) is 1.99. The molecule has 0 saturated heterocycles. The van der Waals surface area contributed by atoms with E-state index in [1.165, 1.54) is 19.3 Å². The molecule has 1 N–H and O–H groups in total. The number of aliphatic hydroxyl groups excluding tert-OH is 1. The van der Waals surface area contributed by atoms with E-state index >= 15 is 0 Å². The molecule has 4 heteroatoms. The van der Waals surface area contributed by atoms with E-state index in [1.54, 1.807) is 0 Å². The number of nitrogens with zero attached hydrogens (tertiary/aromatic N) is 3. The lowest BCUT2D eigenvalue weighted by Crippen LogP contribution is -2.11. The molecule has 3 rings (SSSR count). The summed E-state index contributed by atoms with van der Waals surface area (Å²) < 4.78 is 3.89. The maximum atomic E-state index is 9.45. The van der Waals surface area contributed by atoms with Crippen LogP contribution in [0.3, 0.4) is 0 Å². The van der Waals surface area contributed by atoms with Crippen LogP contribution in [0.1, 0.15) is 36.4 Å². The molecule has 2 heterocycles. The fourth-order valence-corrected chi connectivity index (χ4v) is 2.35. The average molecular weight is 205 g/mol. The topological polar surface area (TPSA) is 42.5 Å². The molecule has 0 spiro atoms. The van der Waals surface area contributed by atoms with Crippen LogP contribution in [-0.2, 0) is 13.7 Å². The first-order valence-corrected chi connectivity index (χ1v) is 5.44. The van der Waals surface area contributed by atoms with Crippen LogP contribution in [0.5, 0.6) is 0 Å². The van der Waals surface area contributed by atoms with Gasteiger partial charge in [0.2, 0.25) is 0 Å². The van der Waals surface area contributed by atoms with Crippen LogP contribution in [0.4, 0.5) is 0 Å². The van der Waals surface area contributed by atoms with Gasteiger partial charge < -0.3 is 9.67 Å². The highest BCUT2D eigenvalue weighted by atomic mass is 16.3. The van der Waals surface area contributed by atoms with Gasteiger partial charge in [-0.2, -0.15) is 5.10 Å². The van der Waals surface area contributed by atoms with Gasteiger partial charge in [0.25, 0.3) is 0 Å². The highest BCUT2D eigenvalue weighted by Crippen LogP contribution is 2.38. The lowest BCUT2D eigenvalue weighted by atomic mass is 9.81. The lowest BCUT2D eigenvalue weighted by molar-refractivity contribution is 0.278. The van der Waals surface area contributed by atoms with Crippen LogP contribution in [0.25, 0.3) is 5.65 Å². The van der Waals surface area contributed by atoms with Crippen molar-refractivity contribution in [3.63, 3.8) is 0 Å². The van der Waals surface area contributed by atoms with E-state index < -0.39 is 0 Å². The average Bonchev–Trinajstić information content (AvgIpc) is 2.64. The van der Waals surface area contributed by atoms with Gasteiger partial charge in [-0.05, 0) is 12.8 Å². The Balaban J connectivity index is 2.20. The third-order valence-corrected chi connectivity index (χ3v) is 3.43. The van der Waals surface area contributed by atoms with Crippen LogP contribution in [0.15, 0.2) is 12.4 Å². The fourth-order valence-electron chi connectivity index (χ4n) is 2.35. The van der Waals surface area contributed by atoms with E-state index in [0.717, 1.165) is 16.9 Å². The van der Waals surface area contributed by atoms with Gasteiger partial charge in [-0.25, -0.2) is 4.52 Å². The summed E-state index contributed by atoms with van der Waals surface area (Å²) in [6.07, 6.45) is 7.64. The van der Waals surface area contributed by atoms with Gasteiger partial charge in [-0.15, -0.1) is 0 Å². The molecule has 4 nitrogen and oxygen atoms in total. The SMILES string of the molecule is Cn1ccn2nc(C3CCC3)c(CO)c12. The first-order chi connectivity index (χ1) is 7.31. The third-order valence-electron chi connectivity index (χ3n) is 3.43. The molecule has 15 heavy (non-hydrogen) atoms. The molecular weight excluding hydrogens is 190 g/mol. The maximum Gasteiger partial charge on any atom is 0.141 e. The second-order valence-corrected chi connectivity index (χ2v) is 4.33. The molecule has 1 saturated carbocycles. The zero-order chi connectivity index (χ0) is 10.4. The number of fused-ring (bicyclic) bond motifs is 1. The minimum absolute atomic E-state index is 0.0905. The second kappa shape index (κ2) is 3.10. The highest BCUT2D eigenvalue weighted by molar-refractivity contribution is 5.52. The van der Waals surface area contributed by atoms with Crippen molar-refractivity contribution in [3.05, 3.63) is 23.7 Å². The van der Waals surface area contributed by atoms with Crippen LogP contribution in [-0.4, -0.2) is 19.3 Å². The first-order valence-electron chi connectivity index (χ1n) is 5.44. The number of imidazole rings is 1. The summed E-state index contributed by atoms with van der Waals surface area (Å²) in [5.74, 6) is 0.576. The fraction of sp³-hybridized carbons (Fsp3) is 0.545. The Morgan fingerprint density at radius 2 is 2.27 bits per heavy atom. The van der Waals surface area contributed by atoms with Gasteiger partial charge in [0.05, 0.1) is 12.3 Å². The Morgan fingerprint density at radius 3 is 2.87 bits per heavy atom. The Bertz CT molecular complexity index is 493. The molecule has 0 unspecified atom stereocenters. The van der Waals surface area contributed by atoms with Gasteiger partial charge in [0.15, 0.2) is 0 Å². The van der Waals surface area contributed by atoms with Gasteiger partial charge in [-0.1, -0.05) is 6.42 Å². The van der Waals surface area contributed by atoms with Crippen molar-refractivity contribution in [2.24, 2.45) is 7.05 Å². The van der Waals surface area contributed by atoms with Crippen LogP contribution in [0, 0.1) is 0 Å². The summed E-state index contributed by atoms with van der Waals surface area (Å²) in [5, 5.41) is 14.0. The number of rotatable bonds is 2. The van der Waals surface area contributed by atoms with Crippen molar-refractivity contribution in [1.29, 1.82) is 0 Å². The Labute approximate surface area is 88.1 Å². The molecule has 1 fully saturated rings. The Morgan fingerprint density at radius 1 is 1.47 bits per heavy atom. The van der Waals surface area contributed by atoms with E-state index in [9.17, 15) is 5.11 Å². The van der Waals surface area contributed by atoms with E-state index in [2.05, 4.69) is 5.10 Å². The number of aliphatic hydroxyl groups is 1. The maximum absolute atomic E-state index is 9.45. The molecule has 0 radical (unpaired) electrons. The van der Waals surface area contributed by atoms with Crippen LogP contribution < -0.4 is 0 Å². The monoisotopic (exact) mass is 205 g/mol. The molecule has 0 atom stereocenters. The molecular formula is C11H15N3O. The molecule has 80 valence electrons. The molecule has 0 bridgehead atoms. The number of aryl methyl sites for hydroxylation is 1. The predicted molar refractivity (Wildman–Crippen MR) is 56.7 cm³/mol. The molecule has 0 aromatic carbocycles. The Kier molecular flexibility index (Phi) is 1.85. The molecule has 0 aliphatic heterocycles. The third kappa shape index (κ3) is 1.14. The van der Waals surface area contributed by atoms with Gasteiger partial charge in [0.1, 0.15) is 5.65 Å². The van der Waals surface area contributed by atoms with Crippen molar-refractivity contribution in [3.8, 4) is 0 Å². The standard InChI is InChI=1S/C11H15N3O/c1-13-5-6-14-11(13)9(7-15)10(12-14)8-3-2-4-8/h5-6,8,15H,2-4,7H2,1H3. The van der Waals surface area contributed by atoms with E-state index in [1.807, 2.05) is 28.5 Å². The quantitative estimate of drug-likeness (QED) is 0.806. The van der Waals surface area contributed by atoms with Crippen molar-refractivity contribution in [2.75, 3.05) is 0 Å². The summed E-state index contributed by atoms with van der Waals surface area (Å²) in [5.41, 5.74) is 3.14. The van der Waals surface area contributed by atoms with Crippen molar-refractivity contribution in [2.45, 2.75) is 31.8 Å². The smallest absolute Gasteiger partial charge is 0.141 e.